The second kappa shape index (κ2) is 12.2. The van der Waals surface area contributed by atoms with Gasteiger partial charge in [-0.1, -0.05) is 14.9 Å². The molecule has 0 fully saturated rings. The van der Waals surface area contributed by atoms with Gasteiger partial charge in [-0.05, 0) is 20.8 Å². The van der Waals surface area contributed by atoms with E-state index in [1.54, 1.807) is 7.05 Å². The molecule has 1 rings (SSSR count). The zero-order valence-electron chi connectivity index (χ0n) is 13.0. The maximum absolute atomic E-state index is 4.27. The molecule has 0 radical (unpaired) electrons. The van der Waals surface area contributed by atoms with Crippen molar-refractivity contribution in [1.82, 2.24) is 15.0 Å². The number of hydrogen-bond acceptors (Lipinski definition) is 10. The van der Waals surface area contributed by atoms with E-state index < -0.39 is 0 Å². The van der Waals surface area contributed by atoms with E-state index >= 15 is 0 Å². The second-order valence-electron chi connectivity index (χ2n) is 4.14. The Morgan fingerprint density at radius 3 is 1.96 bits per heavy atom. The molecule has 0 aliphatic heterocycles. The van der Waals surface area contributed by atoms with Gasteiger partial charge in [-0.25, -0.2) is 4.98 Å². The molecule has 23 heavy (non-hydrogen) atoms. The van der Waals surface area contributed by atoms with E-state index in [1.165, 1.54) is 0 Å². The van der Waals surface area contributed by atoms with Crippen LogP contribution in [0.1, 0.15) is 33.4 Å². The van der Waals surface area contributed by atoms with Gasteiger partial charge in [-0.2, -0.15) is 40.7 Å². The van der Waals surface area contributed by atoms with Gasteiger partial charge in [0.2, 0.25) is 5.95 Å². The molecule has 1 heterocycles. The SMILES string of the molecule is C.C.CN=NCN=NCN=NC(C)N(C)c1nc(C)nc(C)n1. The van der Waals surface area contributed by atoms with Crippen molar-refractivity contribution in [3.8, 4) is 0 Å². The minimum atomic E-state index is -0.211. The largest absolute Gasteiger partial charge is 0.320 e. The molecule has 0 aliphatic rings. The molecule has 1 aromatic rings. The average molecular weight is 324 g/mol. The summed E-state index contributed by atoms with van der Waals surface area (Å²) >= 11 is 0. The maximum atomic E-state index is 4.27. The van der Waals surface area contributed by atoms with Gasteiger partial charge in [-0.15, -0.1) is 0 Å². The van der Waals surface area contributed by atoms with Gasteiger partial charge in [-0.3, -0.25) is 0 Å². The van der Waals surface area contributed by atoms with Gasteiger partial charge in [0.1, 0.15) is 17.8 Å². The number of rotatable bonds is 7. The summed E-state index contributed by atoms with van der Waals surface area (Å²) < 4.78 is 0. The summed E-state index contributed by atoms with van der Waals surface area (Å²) in [4.78, 5) is 14.5. The molecule has 0 amide bonds. The molecular weight excluding hydrogens is 296 g/mol. The highest BCUT2D eigenvalue weighted by molar-refractivity contribution is 5.29. The van der Waals surface area contributed by atoms with Crippen LogP contribution in [-0.4, -0.2) is 48.6 Å². The molecule has 0 N–H and O–H groups in total. The first-order chi connectivity index (χ1) is 10.0. The van der Waals surface area contributed by atoms with Crippen LogP contribution in [0, 0.1) is 13.8 Å². The van der Waals surface area contributed by atoms with Crippen LogP contribution >= 0.6 is 0 Å². The van der Waals surface area contributed by atoms with E-state index in [2.05, 4.69) is 45.6 Å². The molecule has 0 aromatic carbocycles. The van der Waals surface area contributed by atoms with Crippen molar-refractivity contribution in [3.63, 3.8) is 0 Å². The van der Waals surface area contributed by atoms with Crippen LogP contribution in [0.25, 0.3) is 0 Å². The average Bonchev–Trinajstić information content (AvgIpc) is 2.44. The minimum Gasteiger partial charge on any atom is -0.320 e. The number of aryl methyl sites for hydroxylation is 2. The molecular formula is C13H28N10. The Hall–Kier alpha value is -2.39. The van der Waals surface area contributed by atoms with Gasteiger partial charge < -0.3 is 4.90 Å². The molecule has 10 heteroatoms. The van der Waals surface area contributed by atoms with E-state index in [4.69, 9.17) is 0 Å². The summed E-state index contributed by atoms with van der Waals surface area (Å²) in [5.74, 6) is 1.91. The van der Waals surface area contributed by atoms with Crippen molar-refractivity contribution in [1.29, 1.82) is 0 Å². The van der Waals surface area contributed by atoms with E-state index in [9.17, 15) is 0 Å². The Morgan fingerprint density at radius 1 is 0.913 bits per heavy atom. The van der Waals surface area contributed by atoms with Gasteiger partial charge in [0.05, 0.1) is 0 Å². The first kappa shape index (κ1) is 22.9. The third-order valence-electron chi connectivity index (χ3n) is 2.47. The number of aromatic nitrogens is 3. The lowest BCUT2D eigenvalue weighted by molar-refractivity contribution is 0.640. The van der Waals surface area contributed by atoms with Gasteiger partial charge >= 0.3 is 0 Å². The van der Waals surface area contributed by atoms with Crippen LogP contribution in [0.5, 0.6) is 0 Å². The molecule has 130 valence electrons. The number of azo groups is 3. The lowest BCUT2D eigenvalue weighted by Gasteiger charge is -2.20. The zero-order chi connectivity index (χ0) is 15.7. The molecule has 1 unspecified atom stereocenters. The van der Waals surface area contributed by atoms with Gasteiger partial charge in [0, 0.05) is 14.1 Å². The quantitative estimate of drug-likeness (QED) is 0.714. The highest BCUT2D eigenvalue weighted by Crippen LogP contribution is 2.10. The Labute approximate surface area is 138 Å². The standard InChI is InChI=1S/C11H20N10.2CH4/c1-8-17-9(2)19-11(18-8)21(5)10(3)20-16-7-15-14-6-13-12-4;;/h10H,6-7H2,1-5H3;2*1H4. The normalized spacial score (nSPS) is 12.4. The third kappa shape index (κ3) is 8.59. The monoisotopic (exact) mass is 324 g/mol. The summed E-state index contributed by atoms with van der Waals surface area (Å²) in [6.45, 7) is 5.91. The van der Waals surface area contributed by atoms with Gasteiger partial charge in [0.25, 0.3) is 0 Å². The van der Waals surface area contributed by atoms with E-state index in [0.29, 0.717) is 17.6 Å². The van der Waals surface area contributed by atoms with Crippen LogP contribution in [-0.2, 0) is 0 Å². The van der Waals surface area contributed by atoms with Crippen LogP contribution < -0.4 is 4.90 Å². The third-order valence-corrected chi connectivity index (χ3v) is 2.47. The Balaban J connectivity index is 0. The smallest absolute Gasteiger partial charge is 0.230 e. The summed E-state index contributed by atoms with van der Waals surface area (Å²) in [7, 11) is 3.43. The van der Waals surface area contributed by atoms with Crippen molar-refractivity contribution in [2.75, 3.05) is 32.3 Å². The van der Waals surface area contributed by atoms with E-state index in [0.717, 1.165) is 0 Å². The zero-order valence-corrected chi connectivity index (χ0v) is 13.0. The van der Waals surface area contributed by atoms with E-state index in [-0.39, 0.29) is 34.4 Å². The van der Waals surface area contributed by atoms with Crippen molar-refractivity contribution in [2.24, 2.45) is 30.7 Å². The second-order valence-corrected chi connectivity index (χ2v) is 4.14. The first-order valence-corrected chi connectivity index (χ1v) is 6.42. The summed E-state index contributed by atoms with van der Waals surface area (Å²) in [5, 5.41) is 22.8. The minimum absolute atomic E-state index is 0. The molecule has 0 bridgehead atoms. The van der Waals surface area contributed by atoms with Crippen molar-refractivity contribution < 1.29 is 0 Å². The molecule has 10 nitrogen and oxygen atoms in total. The summed E-state index contributed by atoms with van der Waals surface area (Å²) in [5.41, 5.74) is 0. The summed E-state index contributed by atoms with van der Waals surface area (Å²) in [6.07, 6.45) is -0.211. The lowest BCUT2D eigenvalue weighted by Crippen LogP contribution is -2.29. The Morgan fingerprint density at radius 2 is 1.43 bits per heavy atom. The van der Waals surface area contributed by atoms with Crippen molar-refractivity contribution in [3.05, 3.63) is 11.6 Å². The summed E-state index contributed by atoms with van der Waals surface area (Å²) in [6, 6.07) is 0. The fraction of sp³-hybridized carbons (Fsp3) is 0.769. The number of nitrogens with zero attached hydrogens (tertiary/aromatic N) is 10. The number of hydrogen-bond donors (Lipinski definition) is 0. The fourth-order valence-electron chi connectivity index (χ4n) is 1.36. The lowest BCUT2D eigenvalue weighted by atomic mass is 10.5. The van der Waals surface area contributed by atoms with Crippen LogP contribution in [0.15, 0.2) is 30.7 Å². The predicted octanol–water partition coefficient (Wildman–Crippen LogP) is 3.44. The Kier molecular flexibility index (Phi) is 12.1. The highest BCUT2D eigenvalue weighted by Gasteiger charge is 2.12. The molecule has 0 saturated heterocycles. The molecule has 1 atom stereocenters. The molecule has 0 aliphatic carbocycles. The molecule has 0 saturated carbocycles. The van der Waals surface area contributed by atoms with Crippen LogP contribution in [0.2, 0.25) is 0 Å². The Bertz CT molecular complexity index is 505. The first-order valence-electron chi connectivity index (χ1n) is 6.42. The maximum Gasteiger partial charge on any atom is 0.230 e. The topological polar surface area (TPSA) is 116 Å². The van der Waals surface area contributed by atoms with Gasteiger partial charge in [0.15, 0.2) is 13.3 Å². The molecule has 0 spiro atoms. The van der Waals surface area contributed by atoms with Crippen LogP contribution in [0.4, 0.5) is 5.95 Å². The predicted molar refractivity (Wildman–Crippen MR) is 90.9 cm³/mol. The molecule has 1 aromatic heterocycles. The van der Waals surface area contributed by atoms with Crippen molar-refractivity contribution >= 4 is 5.95 Å². The fourth-order valence-corrected chi connectivity index (χ4v) is 1.36. The number of anilines is 1. The van der Waals surface area contributed by atoms with Crippen LogP contribution in [0.3, 0.4) is 0 Å². The highest BCUT2D eigenvalue weighted by atomic mass is 15.4. The van der Waals surface area contributed by atoms with Crippen molar-refractivity contribution in [2.45, 2.75) is 41.8 Å². The van der Waals surface area contributed by atoms with E-state index in [1.807, 2.05) is 32.7 Å².